The Bertz CT molecular complexity index is 584. The third kappa shape index (κ3) is 2.96. The zero-order valence-electron chi connectivity index (χ0n) is 9.25. The van der Waals surface area contributed by atoms with Gasteiger partial charge in [-0.05, 0) is 13.0 Å². The van der Waals surface area contributed by atoms with Crippen LogP contribution in [0.2, 0.25) is 15.1 Å². The molecule has 0 aliphatic carbocycles. The molecular formula is C11H8Cl3N3O. The van der Waals surface area contributed by atoms with Gasteiger partial charge in [-0.1, -0.05) is 34.8 Å². The fourth-order valence-corrected chi connectivity index (χ4v) is 1.88. The largest absolute Gasteiger partial charge is 0.437 e. The Hall–Kier alpha value is -1.23. The van der Waals surface area contributed by atoms with E-state index < -0.39 is 0 Å². The molecule has 0 spiro atoms. The molecule has 2 N–H and O–H groups in total. The van der Waals surface area contributed by atoms with Crippen LogP contribution < -0.4 is 10.5 Å². The Morgan fingerprint density at radius 3 is 2.33 bits per heavy atom. The van der Waals surface area contributed by atoms with Gasteiger partial charge in [0.05, 0.1) is 15.1 Å². The Kier molecular flexibility index (Phi) is 3.80. The number of aryl methyl sites for hydroxylation is 1. The van der Waals surface area contributed by atoms with Crippen molar-refractivity contribution in [2.24, 2.45) is 0 Å². The van der Waals surface area contributed by atoms with Crippen molar-refractivity contribution in [3.8, 4) is 11.6 Å². The van der Waals surface area contributed by atoms with E-state index in [2.05, 4.69) is 9.97 Å². The number of halogens is 3. The summed E-state index contributed by atoms with van der Waals surface area (Å²) in [4.78, 5) is 7.87. The Morgan fingerprint density at radius 2 is 1.67 bits per heavy atom. The molecule has 2 aromatic rings. The van der Waals surface area contributed by atoms with Crippen molar-refractivity contribution in [3.63, 3.8) is 0 Å². The highest BCUT2D eigenvalue weighted by Crippen LogP contribution is 2.36. The van der Waals surface area contributed by atoms with Crippen LogP contribution in [0.1, 0.15) is 5.69 Å². The lowest BCUT2D eigenvalue weighted by Gasteiger charge is -2.08. The minimum atomic E-state index is 0.126. The highest BCUT2D eigenvalue weighted by molar-refractivity contribution is 6.43. The van der Waals surface area contributed by atoms with Gasteiger partial charge in [-0.3, -0.25) is 0 Å². The van der Waals surface area contributed by atoms with Crippen LogP contribution in [0.25, 0.3) is 0 Å². The molecule has 7 heteroatoms. The van der Waals surface area contributed by atoms with Crippen molar-refractivity contribution in [2.75, 3.05) is 5.73 Å². The summed E-state index contributed by atoms with van der Waals surface area (Å²) in [7, 11) is 0. The van der Waals surface area contributed by atoms with Crippen LogP contribution in [0.3, 0.4) is 0 Å². The molecule has 0 saturated carbocycles. The molecule has 94 valence electrons. The van der Waals surface area contributed by atoms with E-state index in [-0.39, 0.29) is 5.95 Å². The molecule has 1 heterocycles. The van der Waals surface area contributed by atoms with E-state index >= 15 is 0 Å². The van der Waals surface area contributed by atoms with Crippen LogP contribution >= 0.6 is 34.8 Å². The third-order valence-electron chi connectivity index (χ3n) is 2.04. The van der Waals surface area contributed by atoms with Gasteiger partial charge in [0.1, 0.15) is 5.75 Å². The van der Waals surface area contributed by atoms with E-state index in [9.17, 15) is 0 Å². The van der Waals surface area contributed by atoms with Gasteiger partial charge in [0.25, 0.3) is 0 Å². The normalized spacial score (nSPS) is 10.4. The van der Waals surface area contributed by atoms with Gasteiger partial charge in [-0.25, -0.2) is 4.98 Å². The lowest BCUT2D eigenvalue weighted by Crippen LogP contribution is -1.99. The van der Waals surface area contributed by atoms with Gasteiger partial charge >= 0.3 is 0 Å². The second-order valence-electron chi connectivity index (χ2n) is 3.50. The molecule has 0 aliphatic rings. The lowest BCUT2D eigenvalue weighted by atomic mass is 10.3. The number of hydrogen-bond acceptors (Lipinski definition) is 4. The van der Waals surface area contributed by atoms with Crippen LogP contribution in [0.4, 0.5) is 5.95 Å². The fraction of sp³-hybridized carbons (Fsp3) is 0.0909. The molecule has 0 atom stereocenters. The van der Waals surface area contributed by atoms with Crippen molar-refractivity contribution in [2.45, 2.75) is 6.92 Å². The van der Waals surface area contributed by atoms with E-state index in [1.165, 1.54) is 12.1 Å². The van der Waals surface area contributed by atoms with Crippen LogP contribution in [-0.4, -0.2) is 9.97 Å². The van der Waals surface area contributed by atoms with E-state index in [0.29, 0.717) is 32.4 Å². The summed E-state index contributed by atoms with van der Waals surface area (Å²) in [5.41, 5.74) is 6.21. The number of hydrogen-bond donors (Lipinski definition) is 1. The first-order chi connectivity index (χ1) is 8.45. The summed E-state index contributed by atoms with van der Waals surface area (Å²) in [5.74, 6) is 0.769. The predicted octanol–water partition coefficient (Wildman–Crippen LogP) is 4.12. The molecule has 1 aromatic heterocycles. The van der Waals surface area contributed by atoms with E-state index in [4.69, 9.17) is 45.3 Å². The quantitative estimate of drug-likeness (QED) is 0.848. The molecule has 1 aromatic carbocycles. The molecule has 0 fully saturated rings. The summed E-state index contributed by atoms with van der Waals surface area (Å²) in [6.07, 6.45) is 0. The van der Waals surface area contributed by atoms with Crippen LogP contribution in [0, 0.1) is 6.92 Å². The molecule has 2 rings (SSSR count). The maximum Gasteiger partial charge on any atom is 0.224 e. The van der Waals surface area contributed by atoms with Gasteiger partial charge in [0.2, 0.25) is 11.8 Å². The molecule has 0 bridgehead atoms. The summed E-state index contributed by atoms with van der Waals surface area (Å²) in [6.45, 7) is 1.78. The van der Waals surface area contributed by atoms with E-state index in [1.54, 1.807) is 13.0 Å². The first kappa shape index (κ1) is 13.2. The van der Waals surface area contributed by atoms with E-state index in [1.807, 2.05) is 0 Å². The maximum atomic E-state index is 5.99. The van der Waals surface area contributed by atoms with Crippen molar-refractivity contribution < 1.29 is 4.74 Å². The highest BCUT2D eigenvalue weighted by Gasteiger charge is 2.09. The summed E-state index contributed by atoms with van der Waals surface area (Å²) < 4.78 is 5.50. The molecule has 0 radical (unpaired) electrons. The van der Waals surface area contributed by atoms with Crippen molar-refractivity contribution in [1.29, 1.82) is 0 Å². The minimum absolute atomic E-state index is 0.126. The average molecular weight is 305 g/mol. The number of rotatable bonds is 2. The zero-order valence-corrected chi connectivity index (χ0v) is 11.5. The summed E-state index contributed by atoms with van der Waals surface area (Å²) in [6, 6.07) is 4.65. The second-order valence-corrected chi connectivity index (χ2v) is 4.73. The van der Waals surface area contributed by atoms with Gasteiger partial charge in [-0.15, -0.1) is 0 Å². The summed E-state index contributed by atoms with van der Waals surface area (Å²) >= 11 is 17.7. The SMILES string of the molecule is Cc1cc(Oc2cc(Cl)c(Cl)cc2Cl)nc(N)n1. The molecule has 4 nitrogen and oxygen atoms in total. The third-order valence-corrected chi connectivity index (χ3v) is 3.05. The Balaban J connectivity index is 2.36. The molecular weight excluding hydrogens is 296 g/mol. The first-order valence-corrected chi connectivity index (χ1v) is 6.02. The van der Waals surface area contributed by atoms with Gasteiger partial charge in [0, 0.05) is 17.8 Å². The molecule has 0 saturated heterocycles. The number of aromatic nitrogens is 2. The molecule has 18 heavy (non-hydrogen) atoms. The fourth-order valence-electron chi connectivity index (χ4n) is 1.31. The number of benzene rings is 1. The predicted molar refractivity (Wildman–Crippen MR) is 72.7 cm³/mol. The maximum absolute atomic E-state index is 5.99. The number of nitrogens with two attached hydrogens (primary N) is 1. The molecule has 0 aliphatic heterocycles. The topological polar surface area (TPSA) is 61.0 Å². The standard InChI is InChI=1S/C11H8Cl3N3O/c1-5-2-10(17-11(15)16-5)18-9-4-7(13)6(12)3-8(9)14/h2-4H,1H3,(H2,15,16,17). The Morgan fingerprint density at radius 1 is 1.00 bits per heavy atom. The number of ether oxygens (including phenoxy) is 1. The number of nitrogens with zero attached hydrogens (tertiary/aromatic N) is 2. The molecule has 0 unspecified atom stereocenters. The number of anilines is 1. The number of nitrogen functional groups attached to an aromatic ring is 1. The molecule has 0 amide bonds. The van der Waals surface area contributed by atoms with Crippen molar-refractivity contribution in [1.82, 2.24) is 9.97 Å². The van der Waals surface area contributed by atoms with Gasteiger partial charge < -0.3 is 10.5 Å². The van der Waals surface area contributed by atoms with E-state index in [0.717, 1.165) is 0 Å². The van der Waals surface area contributed by atoms with Gasteiger partial charge in [0.15, 0.2) is 0 Å². The van der Waals surface area contributed by atoms with Crippen LogP contribution in [0.5, 0.6) is 11.6 Å². The van der Waals surface area contributed by atoms with Crippen LogP contribution in [0.15, 0.2) is 18.2 Å². The van der Waals surface area contributed by atoms with Crippen LogP contribution in [-0.2, 0) is 0 Å². The van der Waals surface area contributed by atoms with Crippen molar-refractivity contribution in [3.05, 3.63) is 39.0 Å². The summed E-state index contributed by atoms with van der Waals surface area (Å²) in [5, 5.41) is 1.03. The Labute approximate surface area is 119 Å². The zero-order chi connectivity index (χ0) is 13.3. The van der Waals surface area contributed by atoms with Crippen molar-refractivity contribution >= 4 is 40.8 Å². The first-order valence-electron chi connectivity index (χ1n) is 4.89. The smallest absolute Gasteiger partial charge is 0.224 e. The average Bonchev–Trinajstić information content (AvgIpc) is 2.24. The highest BCUT2D eigenvalue weighted by atomic mass is 35.5. The second kappa shape index (κ2) is 5.18. The monoisotopic (exact) mass is 303 g/mol. The minimum Gasteiger partial charge on any atom is -0.437 e. The van der Waals surface area contributed by atoms with Gasteiger partial charge in [-0.2, -0.15) is 4.98 Å². The lowest BCUT2D eigenvalue weighted by molar-refractivity contribution is 0.462.